The third-order valence-corrected chi connectivity index (χ3v) is 3.30. The minimum atomic E-state index is -0.187. The Balaban J connectivity index is 2.06. The van der Waals surface area contributed by atoms with E-state index in [9.17, 15) is 4.79 Å². The van der Waals surface area contributed by atoms with Crippen molar-refractivity contribution in [1.29, 1.82) is 0 Å². The van der Waals surface area contributed by atoms with Gasteiger partial charge in [0.2, 0.25) is 6.41 Å². The second kappa shape index (κ2) is 5.13. The third kappa shape index (κ3) is 2.25. The highest BCUT2D eigenvalue weighted by Gasteiger charge is 2.07. The molecule has 20 heavy (non-hydrogen) atoms. The number of nitrogens with one attached hydrogen (secondary N) is 2. The van der Waals surface area contributed by atoms with Crippen molar-refractivity contribution in [1.82, 2.24) is 20.6 Å². The molecule has 0 saturated carbocycles. The van der Waals surface area contributed by atoms with Crippen molar-refractivity contribution >= 4 is 18.7 Å². The summed E-state index contributed by atoms with van der Waals surface area (Å²) in [6.45, 7) is 2.04. The summed E-state index contributed by atoms with van der Waals surface area (Å²) >= 11 is 0. The van der Waals surface area contributed by atoms with Crippen LogP contribution in [0.15, 0.2) is 30.7 Å². The van der Waals surface area contributed by atoms with Gasteiger partial charge in [0.15, 0.2) is 0 Å². The van der Waals surface area contributed by atoms with Gasteiger partial charge in [0.1, 0.15) is 6.17 Å². The van der Waals surface area contributed by atoms with E-state index in [0.717, 1.165) is 27.3 Å². The monoisotopic (exact) mass is 266 g/mol. The van der Waals surface area contributed by atoms with E-state index in [2.05, 4.69) is 20.6 Å². The van der Waals surface area contributed by atoms with Gasteiger partial charge in [0.05, 0.1) is 5.69 Å². The van der Waals surface area contributed by atoms with Crippen LogP contribution in [0.5, 0.6) is 0 Å². The van der Waals surface area contributed by atoms with E-state index in [4.69, 9.17) is 0 Å². The topological polar surface area (TPSA) is 66.9 Å². The molecule has 1 unspecified atom stereocenters. The van der Waals surface area contributed by atoms with E-state index in [-0.39, 0.29) is 6.17 Å². The first-order valence-electron chi connectivity index (χ1n) is 6.33. The minimum absolute atomic E-state index is 0.187. The van der Waals surface area contributed by atoms with E-state index in [1.54, 1.807) is 6.20 Å². The number of fused-ring (bicyclic) bond motifs is 1. The average Bonchev–Trinajstić information content (AvgIpc) is 2.48. The predicted molar refractivity (Wildman–Crippen MR) is 76.5 cm³/mol. The van der Waals surface area contributed by atoms with Gasteiger partial charge >= 0.3 is 0 Å². The summed E-state index contributed by atoms with van der Waals surface area (Å²) < 4.78 is 0. The Kier molecular flexibility index (Phi) is 3.16. The molecule has 0 radical (unpaired) electrons. The zero-order valence-corrected chi connectivity index (χ0v) is 11.0. The standard InChI is InChI=1S/C15H14N4O/c1-10-2-3-16-8-13(10)14-4-11-7-18-15(19-9-20)5-12(11)6-17-14/h2-9,15,18H,1H3,(H,19,20). The first kappa shape index (κ1) is 12.3. The fourth-order valence-electron chi connectivity index (χ4n) is 2.20. The maximum atomic E-state index is 10.5. The maximum absolute atomic E-state index is 10.5. The maximum Gasteiger partial charge on any atom is 0.208 e. The number of hydrogen-bond donors (Lipinski definition) is 2. The SMILES string of the molecule is Cc1ccncc1-c1cc2c(cn1)=CC(NC=O)NC=2. The normalized spacial score (nSPS) is 16.1. The average molecular weight is 266 g/mol. The summed E-state index contributed by atoms with van der Waals surface area (Å²) in [7, 11) is 0. The lowest BCUT2D eigenvalue weighted by molar-refractivity contribution is -0.109. The van der Waals surface area contributed by atoms with Gasteiger partial charge in [-0.05, 0) is 30.7 Å². The molecule has 1 atom stereocenters. The summed E-state index contributed by atoms with van der Waals surface area (Å²) in [4.78, 5) is 19.1. The predicted octanol–water partition coefficient (Wildman–Crippen LogP) is -0.354. The van der Waals surface area contributed by atoms with Gasteiger partial charge in [-0.15, -0.1) is 0 Å². The second-order valence-corrected chi connectivity index (χ2v) is 4.63. The number of hydrogen-bond acceptors (Lipinski definition) is 4. The molecular formula is C15H14N4O. The highest BCUT2D eigenvalue weighted by atomic mass is 16.1. The molecule has 2 aromatic heterocycles. The fourth-order valence-corrected chi connectivity index (χ4v) is 2.20. The molecule has 1 amide bonds. The molecule has 5 nitrogen and oxygen atoms in total. The highest BCUT2D eigenvalue weighted by molar-refractivity contribution is 5.63. The smallest absolute Gasteiger partial charge is 0.208 e. The summed E-state index contributed by atoms with van der Waals surface area (Å²) in [5.74, 6) is 0. The van der Waals surface area contributed by atoms with Gasteiger partial charge in [0.25, 0.3) is 0 Å². The number of carbonyl (C=O) groups excluding carboxylic acids is 1. The molecule has 100 valence electrons. The Morgan fingerprint density at radius 1 is 1.35 bits per heavy atom. The number of aryl methyl sites for hydroxylation is 1. The molecule has 3 heterocycles. The van der Waals surface area contributed by atoms with Crippen molar-refractivity contribution < 1.29 is 4.79 Å². The third-order valence-electron chi connectivity index (χ3n) is 3.30. The van der Waals surface area contributed by atoms with Crippen LogP contribution in [-0.2, 0) is 4.79 Å². The molecule has 0 aromatic carbocycles. The Bertz CT molecular complexity index is 770. The quantitative estimate of drug-likeness (QED) is 0.745. The lowest BCUT2D eigenvalue weighted by Gasteiger charge is -2.15. The van der Waals surface area contributed by atoms with Gasteiger partial charge in [-0.2, -0.15) is 0 Å². The summed E-state index contributed by atoms with van der Waals surface area (Å²) in [6.07, 6.45) is 9.70. The van der Waals surface area contributed by atoms with Crippen LogP contribution in [-0.4, -0.2) is 22.5 Å². The van der Waals surface area contributed by atoms with Gasteiger partial charge in [-0.25, -0.2) is 0 Å². The van der Waals surface area contributed by atoms with E-state index >= 15 is 0 Å². The summed E-state index contributed by atoms with van der Waals surface area (Å²) in [5, 5.41) is 7.81. The Hall–Kier alpha value is -2.69. The molecule has 0 aliphatic carbocycles. The largest absolute Gasteiger partial charge is 0.368 e. The van der Waals surface area contributed by atoms with Crippen LogP contribution in [0.25, 0.3) is 23.5 Å². The minimum Gasteiger partial charge on any atom is -0.368 e. The molecule has 0 saturated heterocycles. The molecule has 0 fully saturated rings. The van der Waals surface area contributed by atoms with Crippen LogP contribution in [0.2, 0.25) is 0 Å². The van der Waals surface area contributed by atoms with Gasteiger partial charge in [-0.1, -0.05) is 0 Å². The molecule has 0 spiro atoms. The van der Waals surface area contributed by atoms with Crippen molar-refractivity contribution in [2.75, 3.05) is 0 Å². The summed E-state index contributed by atoms with van der Waals surface area (Å²) in [5.41, 5.74) is 3.06. The molecule has 0 bridgehead atoms. The van der Waals surface area contributed by atoms with Crippen molar-refractivity contribution in [3.8, 4) is 11.3 Å². The molecule has 3 rings (SSSR count). The number of rotatable bonds is 3. The van der Waals surface area contributed by atoms with Gasteiger partial charge in [0, 0.05) is 40.8 Å². The molecular weight excluding hydrogens is 252 g/mol. The fraction of sp³-hybridized carbons (Fsp3) is 0.133. The van der Waals surface area contributed by atoms with E-state index in [0.29, 0.717) is 6.41 Å². The number of pyridine rings is 2. The molecule has 5 heteroatoms. The first-order chi connectivity index (χ1) is 9.78. The zero-order chi connectivity index (χ0) is 13.9. The van der Waals surface area contributed by atoms with Crippen LogP contribution < -0.4 is 21.1 Å². The van der Waals surface area contributed by atoms with Crippen molar-refractivity contribution in [2.24, 2.45) is 0 Å². The molecule has 1 aliphatic rings. The van der Waals surface area contributed by atoms with Crippen LogP contribution in [0, 0.1) is 6.92 Å². The lowest BCUT2D eigenvalue weighted by atomic mass is 10.1. The number of aromatic nitrogens is 2. The molecule has 2 N–H and O–H groups in total. The Morgan fingerprint density at radius 3 is 3.05 bits per heavy atom. The van der Waals surface area contributed by atoms with E-state index in [1.165, 1.54) is 0 Å². The van der Waals surface area contributed by atoms with Crippen LogP contribution in [0.3, 0.4) is 0 Å². The van der Waals surface area contributed by atoms with Crippen molar-refractivity contribution in [3.05, 3.63) is 46.7 Å². The van der Waals surface area contributed by atoms with Crippen molar-refractivity contribution in [3.63, 3.8) is 0 Å². The second-order valence-electron chi connectivity index (χ2n) is 4.63. The molecule has 2 aromatic rings. The number of carbonyl (C=O) groups is 1. The Morgan fingerprint density at radius 2 is 2.25 bits per heavy atom. The highest BCUT2D eigenvalue weighted by Crippen LogP contribution is 2.17. The first-order valence-corrected chi connectivity index (χ1v) is 6.33. The van der Waals surface area contributed by atoms with Gasteiger partial charge < -0.3 is 10.6 Å². The van der Waals surface area contributed by atoms with E-state index in [1.807, 2.05) is 43.7 Å². The number of nitrogens with zero attached hydrogens (tertiary/aromatic N) is 2. The summed E-state index contributed by atoms with van der Waals surface area (Å²) in [6, 6.07) is 3.98. The Labute approximate surface area is 116 Å². The van der Waals surface area contributed by atoms with E-state index < -0.39 is 0 Å². The van der Waals surface area contributed by atoms with Crippen LogP contribution >= 0.6 is 0 Å². The zero-order valence-electron chi connectivity index (χ0n) is 11.0. The molecule has 1 aliphatic heterocycles. The number of amides is 1. The van der Waals surface area contributed by atoms with Crippen LogP contribution in [0.1, 0.15) is 5.56 Å². The van der Waals surface area contributed by atoms with Crippen molar-refractivity contribution in [2.45, 2.75) is 13.1 Å². The van der Waals surface area contributed by atoms with Gasteiger partial charge in [-0.3, -0.25) is 14.8 Å². The lowest BCUT2D eigenvalue weighted by Crippen LogP contribution is -2.45. The van der Waals surface area contributed by atoms with Crippen LogP contribution in [0.4, 0.5) is 0 Å².